The second-order valence-corrected chi connectivity index (χ2v) is 6.58. The molecule has 0 spiro atoms. The predicted octanol–water partition coefficient (Wildman–Crippen LogP) is 2.81. The second-order valence-electron chi connectivity index (χ2n) is 6.58. The molecule has 150 valence electrons. The topological polar surface area (TPSA) is 102 Å². The van der Waals surface area contributed by atoms with Crippen molar-refractivity contribution >= 4 is 17.2 Å². The molecule has 0 aliphatic carbocycles. The summed E-state index contributed by atoms with van der Waals surface area (Å²) < 4.78 is 12.1. The summed E-state index contributed by atoms with van der Waals surface area (Å²) in [6.07, 6.45) is 2.35. The predicted molar refractivity (Wildman–Crippen MR) is 108 cm³/mol. The molecule has 8 nitrogen and oxygen atoms in total. The van der Waals surface area contributed by atoms with Gasteiger partial charge in [-0.2, -0.15) is 10.4 Å². The van der Waals surface area contributed by atoms with Gasteiger partial charge in [-0.25, -0.2) is 9.50 Å². The van der Waals surface area contributed by atoms with E-state index in [1.165, 1.54) is 6.20 Å². The van der Waals surface area contributed by atoms with Crippen molar-refractivity contribution in [3.05, 3.63) is 53.0 Å². The first-order valence-electron chi connectivity index (χ1n) is 9.29. The van der Waals surface area contributed by atoms with Gasteiger partial charge in [0.2, 0.25) is 5.91 Å². The molecular formula is C21H23N5O3. The van der Waals surface area contributed by atoms with Gasteiger partial charge in [0, 0.05) is 30.6 Å². The molecule has 0 radical (unpaired) electrons. The van der Waals surface area contributed by atoms with Crippen LogP contribution in [0, 0.1) is 25.2 Å². The number of aryl methyl sites for hydroxylation is 2. The molecule has 1 aromatic carbocycles. The minimum Gasteiger partial charge on any atom is -0.491 e. The third kappa shape index (κ3) is 4.70. The van der Waals surface area contributed by atoms with Crippen LogP contribution in [0.5, 0.6) is 5.75 Å². The van der Waals surface area contributed by atoms with Crippen molar-refractivity contribution in [3.63, 3.8) is 0 Å². The highest BCUT2D eigenvalue weighted by Crippen LogP contribution is 2.19. The monoisotopic (exact) mass is 393 g/mol. The van der Waals surface area contributed by atoms with Crippen LogP contribution in [0.3, 0.4) is 0 Å². The number of rotatable bonds is 8. The third-order valence-corrected chi connectivity index (χ3v) is 4.63. The van der Waals surface area contributed by atoms with Gasteiger partial charge in [0.25, 0.3) is 0 Å². The Kier molecular flexibility index (Phi) is 6.42. The van der Waals surface area contributed by atoms with E-state index in [1.54, 1.807) is 23.8 Å². The Morgan fingerprint density at radius 3 is 2.69 bits per heavy atom. The number of nitrogens with zero attached hydrogens (tertiary/aromatic N) is 4. The zero-order chi connectivity index (χ0) is 20.8. The molecule has 0 bridgehead atoms. The lowest BCUT2D eigenvalue weighted by Crippen LogP contribution is -2.14. The number of ether oxygens (including phenoxy) is 2. The second kappa shape index (κ2) is 9.17. The van der Waals surface area contributed by atoms with Crippen molar-refractivity contribution < 1.29 is 14.3 Å². The first-order valence-corrected chi connectivity index (χ1v) is 9.29. The number of fused-ring (bicyclic) bond motifs is 1. The van der Waals surface area contributed by atoms with Crippen LogP contribution in [-0.4, -0.2) is 40.8 Å². The fraction of sp³-hybridized carbons (Fsp3) is 0.333. The van der Waals surface area contributed by atoms with Crippen LogP contribution in [0.2, 0.25) is 0 Å². The van der Waals surface area contributed by atoms with Gasteiger partial charge < -0.3 is 14.8 Å². The number of nitrogens with one attached hydrogen (secondary N) is 1. The molecule has 8 heteroatoms. The average Bonchev–Trinajstić information content (AvgIpc) is 3.12. The number of methoxy groups -OCH3 is 1. The van der Waals surface area contributed by atoms with Crippen LogP contribution in [-0.2, 0) is 16.0 Å². The molecular weight excluding hydrogens is 370 g/mol. The number of carbonyl (C=O) groups excluding carboxylic acids is 1. The van der Waals surface area contributed by atoms with Gasteiger partial charge in [-0.15, -0.1) is 0 Å². The summed E-state index contributed by atoms with van der Waals surface area (Å²) in [5, 5.41) is 16.3. The molecule has 2 aromatic heterocycles. The van der Waals surface area contributed by atoms with Crippen molar-refractivity contribution in [3.8, 4) is 11.8 Å². The standard InChI is InChI=1S/C21H23N5O3/c1-14-19(15(2)26-21(24-14)16(12-22)13-23-26)8-9-20(27)25-17-4-6-18(7-5-17)29-11-10-28-3/h4-7,13H,8-11H2,1-3H3,(H,25,27). The van der Waals surface area contributed by atoms with Gasteiger partial charge in [-0.3, -0.25) is 4.79 Å². The Morgan fingerprint density at radius 2 is 2.00 bits per heavy atom. The lowest BCUT2D eigenvalue weighted by atomic mass is 10.1. The largest absolute Gasteiger partial charge is 0.491 e. The first-order chi connectivity index (χ1) is 14.0. The minimum absolute atomic E-state index is 0.0878. The fourth-order valence-electron chi connectivity index (χ4n) is 3.09. The van der Waals surface area contributed by atoms with Crippen LogP contribution < -0.4 is 10.1 Å². The summed E-state index contributed by atoms with van der Waals surface area (Å²) >= 11 is 0. The van der Waals surface area contributed by atoms with Crippen molar-refractivity contribution in [2.75, 3.05) is 25.6 Å². The van der Waals surface area contributed by atoms with Crippen molar-refractivity contribution in [2.24, 2.45) is 0 Å². The zero-order valence-electron chi connectivity index (χ0n) is 16.7. The summed E-state index contributed by atoms with van der Waals surface area (Å²) in [6, 6.07) is 9.32. The summed E-state index contributed by atoms with van der Waals surface area (Å²) in [6.45, 7) is 4.81. The molecule has 0 fully saturated rings. The van der Waals surface area contributed by atoms with E-state index in [1.807, 2.05) is 26.0 Å². The van der Waals surface area contributed by atoms with E-state index >= 15 is 0 Å². The lowest BCUT2D eigenvalue weighted by Gasteiger charge is -2.11. The SMILES string of the molecule is COCCOc1ccc(NC(=O)CCc2c(C)nc3c(C#N)cnn3c2C)cc1. The lowest BCUT2D eigenvalue weighted by molar-refractivity contribution is -0.116. The van der Waals surface area contributed by atoms with Crippen LogP contribution in [0.1, 0.15) is 28.9 Å². The molecule has 0 unspecified atom stereocenters. The number of carbonyl (C=O) groups is 1. The fourth-order valence-corrected chi connectivity index (χ4v) is 3.09. The molecule has 1 N–H and O–H groups in total. The molecule has 0 atom stereocenters. The smallest absolute Gasteiger partial charge is 0.224 e. The van der Waals surface area contributed by atoms with E-state index in [9.17, 15) is 4.79 Å². The maximum atomic E-state index is 12.4. The van der Waals surface area contributed by atoms with Crippen LogP contribution in [0.15, 0.2) is 30.5 Å². The van der Waals surface area contributed by atoms with Gasteiger partial charge in [0.1, 0.15) is 24.0 Å². The summed E-state index contributed by atoms with van der Waals surface area (Å²) in [5.74, 6) is 0.636. The van der Waals surface area contributed by atoms with Gasteiger partial charge in [0.15, 0.2) is 5.65 Å². The van der Waals surface area contributed by atoms with Crippen molar-refractivity contribution in [1.29, 1.82) is 5.26 Å². The quantitative estimate of drug-likeness (QED) is 0.591. The number of benzene rings is 1. The molecule has 3 rings (SSSR count). The van der Waals surface area contributed by atoms with Crippen LogP contribution >= 0.6 is 0 Å². The first kappa shape index (κ1) is 20.3. The average molecular weight is 393 g/mol. The molecule has 1 amide bonds. The number of aromatic nitrogens is 3. The Balaban J connectivity index is 1.61. The van der Waals surface area contributed by atoms with E-state index < -0.39 is 0 Å². The Labute approximate surface area is 169 Å². The van der Waals surface area contributed by atoms with Crippen LogP contribution in [0.25, 0.3) is 5.65 Å². The van der Waals surface area contributed by atoms with Crippen molar-refractivity contribution in [2.45, 2.75) is 26.7 Å². The molecule has 29 heavy (non-hydrogen) atoms. The van der Waals surface area contributed by atoms with E-state index in [0.29, 0.717) is 43.0 Å². The normalized spacial score (nSPS) is 10.7. The van der Waals surface area contributed by atoms with Gasteiger partial charge in [-0.1, -0.05) is 0 Å². The molecule has 0 aliphatic rings. The summed E-state index contributed by atoms with van der Waals surface area (Å²) in [7, 11) is 1.62. The van der Waals surface area contributed by atoms with Crippen LogP contribution in [0.4, 0.5) is 5.69 Å². The highest BCUT2D eigenvalue weighted by Gasteiger charge is 2.14. The molecule has 2 heterocycles. The highest BCUT2D eigenvalue weighted by molar-refractivity contribution is 5.90. The highest BCUT2D eigenvalue weighted by atomic mass is 16.5. The number of hydrogen-bond acceptors (Lipinski definition) is 6. The molecule has 0 aliphatic heterocycles. The van der Waals surface area contributed by atoms with Gasteiger partial charge in [-0.05, 0) is 50.1 Å². The Hall–Kier alpha value is -3.44. The molecule has 0 saturated carbocycles. The summed E-state index contributed by atoms with van der Waals surface area (Å²) in [5.41, 5.74) is 4.35. The van der Waals surface area contributed by atoms with Crippen molar-refractivity contribution in [1.82, 2.24) is 14.6 Å². The molecule has 3 aromatic rings. The third-order valence-electron chi connectivity index (χ3n) is 4.63. The number of hydrogen-bond donors (Lipinski definition) is 1. The Morgan fingerprint density at radius 1 is 1.24 bits per heavy atom. The number of amides is 1. The summed E-state index contributed by atoms with van der Waals surface area (Å²) in [4.78, 5) is 16.9. The van der Waals surface area contributed by atoms with E-state index in [-0.39, 0.29) is 5.91 Å². The van der Waals surface area contributed by atoms with Gasteiger partial charge in [0.05, 0.1) is 12.8 Å². The molecule has 0 saturated heterocycles. The van der Waals surface area contributed by atoms with E-state index in [2.05, 4.69) is 21.5 Å². The number of nitriles is 1. The van der Waals surface area contributed by atoms with E-state index in [0.717, 1.165) is 22.7 Å². The maximum Gasteiger partial charge on any atom is 0.224 e. The maximum absolute atomic E-state index is 12.4. The zero-order valence-corrected chi connectivity index (χ0v) is 16.7. The minimum atomic E-state index is -0.0878. The van der Waals surface area contributed by atoms with E-state index in [4.69, 9.17) is 14.7 Å². The Bertz CT molecular complexity index is 1050. The van der Waals surface area contributed by atoms with Gasteiger partial charge >= 0.3 is 0 Å². The number of anilines is 1.